The molecule has 0 fully saturated rings. The molecular weight excluding hydrogens is 201 g/mol. The molecule has 0 aliphatic rings. The minimum Gasteiger partial charge on any atom is -0.361 e. The second kappa shape index (κ2) is 3.84. The third-order valence-corrected chi connectivity index (χ3v) is 2.24. The molecule has 0 radical (unpaired) electrons. The van der Waals surface area contributed by atoms with Crippen LogP contribution in [0.4, 0.5) is 4.39 Å². The average molecular weight is 210 g/mol. The molecule has 0 unspecified atom stereocenters. The van der Waals surface area contributed by atoms with E-state index in [0.717, 1.165) is 16.5 Å². The smallest absolute Gasteiger partial charge is 0.123 e. The average Bonchev–Trinajstić information content (AvgIpc) is 2.57. The molecule has 0 atom stereocenters. The SMILES string of the molecule is Fc1ccc2[nH]cc(C=CCCl)c2c1. The van der Waals surface area contributed by atoms with Crippen LogP contribution in [0.2, 0.25) is 0 Å². The van der Waals surface area contributed by atoms with Crippen molar-refractivity contribution in [3.63, 3.8) is 0 Å². The summed E-state index contributed by atoms with van der Waals surface area (Å²) in [6, 6.07) is 4.68. The minimum atomic E-state index is -0.224. The number of nitrogens with one attached hydrogen (secondary N) is 1. The molecule has 1 heterocycles. The van der Waals surface area contributed by atoms with Gasteiger partial charge in [-0.05, 0) is 23.8 Å². The summed E-state index contributed by atoms with van der Waals surface area (Å²) >= 11 is 5.53. The first-order valence-corrected chi connectivity index (χ1v) is 4.84. The zero-order valence-corrected chi connectivity index (χ0v) is 8.18. The van der Waals surface area contributed by atoms with Gasteiger partial charge in [-0.2, -0.15) is 0 Å². The lowest BCUT2D eigenvalue weighted by atomic mass is 10.1. The molecule has 72 valence electrons. The van der Waals surface area contributed by atoms with Crippen molar-refractivity contribution in [1.82, 2.24) is 4.98 Å². The van der Waals surface area contributed by atoms with Gasteiger partial charge < -0.3 is 4.98 Å². The first-order valence-electron chi connectivity index (χ1n) is 4.30. The van der Waals surface area contributed by atoms with Gasteiger partial charge >= 0.3 is 0 Å². The number of benzene rings is 1. The molecule has 14 heavy (non-hydrogen) atoms. The highest BCUT2D eigenvalue weighted by Crippen LogP contribution is 2.20. The monoisotopic (exact) mass is 209 g/mol. The second-order valence-corrected chi connectivity index (χ2v) is 3.30. The van der Waals surface area contributed by atoms with Gasteiger partial charge in [0.25, 0.3) is 0 Å². The summed E-state index contributed by atoms with van der Waals surface area (Å²) in [5.41, 5.74) is 1.89. The highest BCUT2D eigenvalue weighted by Gasteiger charge is 2.01. The Kier molecular flexibility index (Phi) is 2.55. The van der Waals surface area contributed by atoms with Gasteiger partial charge in [0.2, 0.25) is 0 Å². The van der Waals surface area contributed by atoms with Crippen LogP contribution in [0.3, 0.4) is 0 Å². The summed E-state index contributed by atoms with van der Waals surface area (Å²) < 4.78 is 13.0. The van der Waals surface area contributed by atoms with E-state index in [-0.39, 0.29) is 5.82 Å². The fourth-order valence-electron chi connectivity index (χ4n) is 1.42. The van der Waals surface area contributed by atoms with Crippen LogP contribution in [-0.4, -0.2) is 10.9 Å². The van der Waals surface area contributed by atoms with Crippen LogP contribution in [0, 0.1) is 5.82 Å². The maximum atomic E-state index is 13.0. The van der Waals surface area contributed by atoms with E-state index in [1.807, 2.05) is 18.3 Å². The first kappa shape index (κ1) is 9.28. The van der Waals surface area contributed by atoms with Crippen LogP contribution in [0.5, 0.6) is 0 Å². The van der Waals surface area contributed by atoms with Gasteiger partial charge in [0.15, 0.2) is 0 Å². The quantitative estimate of drug-likeness (QED) is 0.728. The number of hydrogen-bond acceptors (Lipinski definition) is 0. The number of H-pyrrole nitrogens is 1. The molecule has 2 rings (SSSR count). The Balaban J connectivity index is 2.55. The van der Waals surface area contributed by atoms with E-state index in [0.29, 0.717) is 5.88 Å². The summed E-state index contributed by atoms with van der Waals surface area (Å²) in [6.45, 7) is 0. The van der Waals surface area contributed by atoms with Crippen molar-refractivity contribution in [1.29, 1.82) is 0 Å². The molecule has 0 amide bonds. The van der Waals surface area contributed by atoms with E-state index in [4.69, 9.17) is 11.6 Å². The summed E-state index contributed by atoms with van der Waals surface area (Å²) in [4.78, 5) is 3.06. The van der Waals surface area contributed by atoms with Gasteiger partial charge in [-0.15, -0.1) is 11.6 Å². The number of fused-ring (bicyclic) bond motifs is 1. The topological polar surface area (TPSA) is 15.8 Å². The molecular formula is C11H9ClFN. The fraction of sp³-hybridized carbons (Fsp3) is 0.0909. The van der Waals surface area contributed by atoms with Gasteiger partial charge in [-0.1, -0.05) is 12.2 Å². The van der Waals surface area contributed by atoms with E-state index in [1.54, 1.807) is 6.07 Å². The molecule has 0 aliphatic heterocycles. The molecule has 0 saturated heterocycles. The number of aromatic amines is 1. The molecule has 1 aromatic heterocycles. The maximum Gasteiger partial charge on any atom is 0.123 e. The van der Waals surface area contributed by atoms with Crippen LogP contribution in [0.25, 0.3) is 17.0 Å². The highest BCUT2D eigenvalue weighted by atomic mass is 35.5. The largest absolute Gasteiger partial charge is 0.361 e. The van der Waals surface area contributed by atoms with Gasteiger partial charge in [0.05, 0.1) is 0 Å². The van der Waals surface area contributed by atoms with Gasteiger partial charge in [0, 0.05) is 23.0 Å². The third-order valence-electron chi connectivity index (χ3n) is 2.06. The summed E-state index contributed by atoms with van der Waals surface area (Å²) in [6.07, 6.45) is 5.55. The molecule has 3 heteroatoms. The van der Waals surface area contributed by atoms with Crippen LogP contribution >= 0.6 is 11.6 Å². The molecule has 0 spiro atoms. The lowest BCUT2D eigenvalue weighted by Gasteiger charge is -1.92. The van der Waals surface area contributed by atoms with Crippen molar-refractivity contribution in [2.45, 2.75) is 0 Å². The molecule has 0 saturated carbocycles. The van der Waals surface area contributed by atoms with E-state index in [9.17, 15) is 4.39 Å². The van der Waals surface area contributed by atoms with Crippen molar-refractivity contribution in [3.8, 4) is 0 Å². The van der Waals surface area contributed by atoms with Crippen molar-refractivity contribution in [3.05, 3.63) is 41.9 Å². The molecule has 1 aromatic carbocycles. The standard InChI is InChI=1S/C11H9ClFN/c12-5-1-2-8-7-14-11-4-3-9(13)6-10(8)11/h1-4,6-7,14H,5H2. The predicted octanol–water partition coefficient (Wildman–Crippen LogP) is 3.56. The number of rotatable bonds is 2. The van der Waals surface area contributed by atoms with Crippen LogP contribution in [0.15, 0.2) is 30.5 Å². The summed E-state index contributed by atoms with van der Waals surface area (Å²) in [5, 5.41) is 0.881. The number of halogens is 2. The Bertz CT molecular complexity index is 473. The third kappa shape index (κ3) is 1.66. The van der Waals surface area contributed by atoms with E-state index < -0.39 is 0 Å². The maximum absolute atomic E-state index is 13.0. The number of allylic oxidation sites excluding steroid dienone is 1. The Hall–Kier alpha value is -1.28. The van der Waals surface area contributed by atoms with Crippen molar-refractivity contribution in [2.75, 3.05) is 5.88 Å². The summed E-state index contributed by atoms with van der Waals surface area (Å²) in [5.74, 6) is 0.236. The Morgan fingerprint density at radius 1 is 1.43 bits per heavy atom. The van der Waals surface area contributed by atoms with Crippen LogP contribution < -0.4 is 0 Å². The van der Waals surface area contributed by atoms with E-state index >= 15 is 0 Å². The lowest BCUT2D eigenvalue weighted by Crippen LogP contribution is -1.74. The highest BCUT2D eigenvalue weighted by molar-refractivity contribution is 6.19. The normalized spacial score (nSPS) is 11.6. The first-order chi connectivity index (χ1) is 6.81. The van der Waals surface area contributed by atoms with Gasteiger partial charge in [-0.25, -0.2) is 4.39 Å². The Labute approximate surface area is 86.2 Å². The fourth-order valence-corrected chi connectivity index (χ4v) is 1.51. The van der Waals surface area contributed by atoms with Gasteiger partial charge in [-0.3, -0.25) is 0 Å². The van der Waals surface area contributed by atoms with Crippen LogP contribution in [0.1, 0.15) is 5.56 Å². The van der Waals surface area contributed by atoms with Crippen molar-refractivity contribution >= 4 is 28.6 Å². The van der Waals surface area contributed by atoms with Crippen molar-refractivity contribution < 1.29 is 4.39 Å². The molecule has 0 aliphatic carbocycles. The predicted molar refractivity (Wildman–Crippen MR) is 58.0 cm³/mol. The van der Waals surface area contributed by atoms with Crippen LogP contribution in [-0.2, 0) is 0 Å². The second-order valence-electron chi connectivity index (χ2n) is 2.99. The number of alkyl halides is 1. The number of aromatic nitrogens is 1. The number of hydrogen-bond donors (Lipinski definition) is 1. The molecule has 0 bridgehead atoms. The van der Waals surface area contributed by atoms with Crippen molar-refractivity contribution in [2.24, 2.45) is 0 Å². The lowest BCUT2D eigenvalue weighted by molar-refractivity contribution is 0.629. The van der Waals surface area contributed by atoms with E-state index in [1.165, 1.54) is 12.1 Å². The van der Waals surface area contributed by atoms with E-state index in [2.05, 4.69) is 4.98 Å². The zero-order chi connectivity index (χ0) is 9.97. The summed E-state index contributed by atoms with van der Waals surface area (Å²) in [7, 11) is 0. The Morgan fingerprint density at radius 3 is 3.07 bits per heavy atom. The Morgan fingerprint density at radius 2 is 2.29 bits per heavy atom. The van der Waals surface area contributed by atoms with Gasteiger partial charge in [0.1, 0.15) is 5.82 Å². The molecule has 1 N–H and O–H groups in total. The molecule has 1 nitrogen and oxygen atoms in total. The zero-order valence-electron chi connectivity index (χ0n) is 7.43. The minimum absolute atomic E-state index is 0.224. The molecule has 2 aromatic rings.